The third kappa shape index (κ3) is 2.92. The summed E-state index contributed by atoms with van der Waals surface area (Å²) in [6.07, 6.45) is 3.19. The number of likely N-dealkylation sites (tertiary alicyclic amines) is 1. The molecule has 2 rings (SSSR count). The van der Waals surface area contributed by atoms with E-state index in [9.17, 15) is 9.59 Å². The Bertz CT molecular complexity index is 487. The number of amides is 1. The number of hydrogen-bond donors (Lipinski definition) is 0. The van der Waals surface area contributed by atoms with Gasteiger partial charge in [0.15, 0.2) is 0 Å². The van der Waals surface area contributed by atoms with Gasteiger partial charge in [-0.25, -0.2) is 9.78 Å². The van der Waals surface area contributed by atoms with E-state index in [1.807, 2.05) is 11.8 Å². The second-order valence-electron chi connectivity index (χ2n) is 4.74. The Morgan fingerprint density at radius 3 is 2.74 bits per heavy atom. The van der Waals surface area contributed by atoms with E-state index in [2.05, 4.69) is 9.72 Å². The summed E-state index contributed by atoms with van der Waals surface area (Å²) in [4.78, 5) is 29.7. The van der Waals surface area contributed by atoms with Gasteiger partial charge in [-0.2, -0.15) is 0 Å². The average Bonchev–Trinajstić information content (AvgIpc) is 2.46. The van der Waals surface area contributed by atoms with E-state index in [1.54, 1.807) is 18.2 Å². The van der Waals surface area contributed by atoms with Crippen LogP contribution in [-0.2, 0) is 4.74 Å². The van der Waals surface area contributed by atoms with E-state index in [0.717, 1.165) is 25.8 Å². The van der Waals surface area contributed by atoms with Gasteiger partial charge in [-0.3, -0.25) is 4.79 Å². The van der Waals surface area contributed by atoms with Crippen molar-refractivity contribution in [2.24, 2.45) is 0 Å². The Balaban J connectivity index is 2.21. The van der Waals surface area contributed by atoms with Gasteiger partial charge in [0.1, 0.15) is 11.4 Å². The molecule has 1 amide bonds. The van der Waals surface area contributed by atoms with E-state index in [0.29, 0.717) is 5.69 Å². The van der Waals surface area contributed by atoms with Crippen LogP contribution in [0.2, 0.25) is 0 Å². The molecule has 5 heteroatoms. The fraction of sp³-hybridized carbons (Fsp3) is 0.500. The largest absolute Gasteiger partial charge is 0.464 e. The quantitative estimate of drug-likeness (QED) is 0.764. The molecule has 5 nitrogen and oxygen atoms in total. The Labute approximate surface area is 112 Å². The van der Waals surface area contributed by atoms with Gasteiger partial charge in [0.2, 0.25) is 0 Å². The van der Waals surface area contributed by atoms with Crippen LogP contribution in [0.15, 0.2) is 18.2 Å². The van der Waals surface area contributed by atoms with Crippen molar-refractivity contribution < 1.29 is 14.3 Å². The first-order valence-electron chi connectivity index (χ1n) is 6.50. The number of hydrogen-bond acceptors (Lipinski definition) is 4. The van der Waals surface area contributed by atoms with Crippen molar-refractivity contribution in [2.45, 2.75) is 32.2 Å². The highest BCUT2D eigenvalue weighted by molar-refractivity contribution is 5.94. The zero-order chi connectivity index (χ0) is 13.8. The molecular formula is C14H18N2O3. The van der Waals surface area contributed by atoms with Crippen molar-refractivity contribution in [1.82, 2.24) is 9.88 Å². The second-order valence-corrected chi connectivity index (χ2v) is 4.74. The molecule has 2 heterocycles. The lowest BCUT2D eigenvalue weighted by Gasteiger charge is -2.33. The minimum absolute atomic E-state index is 0.113. The summed E-state index contributed by atoms with van der Waals surface area (Å²) in [6.45, 7) is 2.80. The maximum Gasteiger partial charge on any atom is 0.356 e. The number of esters is 1. The first kappa shape index (κ1) is 13.5. The lowest BCUT2D eigenvalue weighted by atomic mass is 10.0. The third-order valence-corrected chi connectivity index (χ3v) is 3.43. The Morgan fingerprint density at radius 2 is 2.05 bits per heavy atom. The van der Waals surface area contributed by atoms with E-state index < -0.39 is 5.97 Å². The highest BCUT2D eigenvalue weighted by atomic mass is 16.5. The minimum atomic E-state index is -0.527. The number of aromatic nitrogens is 1. The molecule has 19 heavy (non-hydrogen) atoms. The molecule has 1 aliphatic heterocycles. The zero-order valence-electron chi connectivity index (χ0n) is 11.3. The van der Waals surface area contributed by atoms with Crippen molar-refractivity contribution in [2.75, 3.05) is 13.7 Å². The summed E-state index contributed by atoms with van der Waals surface area (Å²) in [5.74, 6) is -0.640. The van der Waals surface area contributed by atoms with Gasteiger partial charge in [-0.1, -0.05) is 6.07 Å². The van der Waals surface area contributed by atoms with Crippen LogP contribution in [0.1, 0.15) is 47.2 Å². The van der Waals surface area contributed by atoms with Crippen LogP contribution in [-0.4, -0.2) is 41.5 Å². The molecule has 0 bridgehead atoms. The third-order valence-electron chi connectivity index (χ3n) is 3.43. The molecule has 1 aromatic heterocycles. The maximum atomic E-state index is 12.4. The monoisotopic (exact) mass is 262 g/mol. The first-order valence-corrected chi connectivity index (χ1v) is 6.50. The summed E-state index contributed by atoms with van der Waals surface area (Å²) >= 11 is 0. The predicted molar refractivity (Wildman–Crippen MR) is 69.9 cm³/mol. The van der Waals surface area contributed by atoms with E-state index >= 15 is 0 Å². The summed E-state index contributed by atoms with van der Waals surface area (Å²) in [6, 6.07) is 5.06. The Kier molecular flexibility index (Phi) is 4.14. The van der Waals surface area contributed by atoms with Gasteiger partial charge in [-0.05, 0) is 38.3 Å². The summed E-state index contributed by atoms with van der Waals surface area (Å²) in [5, 5.41) is 0. The van der Waals surface area contributed by atoms with Crippen LogP contribution in [0.5, 0.6) is 0 Å². The van der Waals surface area contributed by atoms with Crippen LogP contribution in [0.3, 0.4) is 0 Å². The highest BCUT2D eigenvalue weighted by Gasteiger charge is 2.25. The summed E-state index contributed by atoms with van der Waals surface area (Å²) < 4.78 is 4.61. The number of methoxy groups -OCH3 is 1. The molecule has 1 unspecified atom stereocenters. The summed E-state index contributed by atoms with van der Waals surface area (Å²) in [5.41, 5.74) is 0.467. The molecule has 0 spiro atoms. The van der Waals surface area contributed by atoms with Gasteiger partial charge < -0.3 is 9.64 Å². The van der Waals surface area contributed by atoms with Gasteiger partial charge in [0.05, 0.1) is 7.11 Å². The maximum absolute atomic E-state index is 12.4. The lowest BCUT2D eigenvalue weighted by molar-refractivity contribution is 0.0592. The van der Waals surface area contributed by atoms with Crippen molar-refractivity contribution >= 4 is 11.9 Å². The second kappa shape index (κ2) is 5.82. The van der Waals surface area contributed by atoms with Crippen molar-refractivity contribution in [3.8, 4) is 0 Å². The fourth-order valence-electron chi connectivity index (χ4n) is 2.32. The van der Waals surface area contributed by atoms with Crippen LogP contribution < -0.4 is 0 Å². The topological polar surface area (TPSA) is 59.5 Å². The van der Waals surface area contributed by atoms with Crippen LogP contribution in [0.4, 0.5) is 0 Å². The van der Waals surface area contributed by atoms with Gasteiger partial charge in [0, 0.05) is 12.6 Å². The smallest absolute Gasteiger partial charge is 0.356 e. The number of rotatable bonds is 2. The van der Waals surface area contributed by atoms with Gasteiger partial charge in [-0.15, -0.1) is 0 Å². The number of ether oxygens (including phenoxy) is 1. The first-order chi connectivity index (χ1) is 9.13. The molecule has 0 saturated carbocycles. The number of nitrogens with zero attached hydrogens (tertiary/aromatic N) is 2. The van der Waals surface area contributed by atoms with E-state index in [1.165, 1.54) is 7.11 Å². The van der Waals surface area contributed by atoms with Gasteiger partial charge in [0.25, 0.3) is 5.91 Å². The van der Waals surface area contributed by atoms with Crippen molar-refractivity contribution in [3.63, 3.8) is 0 Å². The molecule has 0 radical (unpaired) electrons. The molecule has 1 saturated heterocycles. The normalized spacial score (nSPS) is 19.1. The Morgan fingerprint density at radius 1 is 1.32 bits per heavy atom. The number of carbonyl (C=O) groups excluding carboxylic acids is 2. The van der Waals surface area contributed by atoms with Crippen LogP contribution in [0.25, 0.3) is 0 Å². The van der Waals surface area contributed by atoms with E-state index in [-0.39, 0.29) is 17.6 Å². The zero-order valence-corrected chi connectivity index (χ0v) is 11.3. The standard InChI is InChI=1S/C14H18N2O3/c1-10-6-3-4-9-16(10)13(17)11-7-5-8-12(15-11)14(18)19-2/h5,7-8,10H,3-4,6,9H2,1-2H3. The number of pyridine rings is 1. The van der Waals surface area contributed by atoms with Crippen LogP contribution >= 0.6 is 0 Å². The number of piperidine rings is 1. The molecule has 0 N–H and O–H groups in total. The molecule has 102 valence electrons. The Hall–Kier alpha value is -1.91. The van der Waals surface area contributed by atoms with Crippen LogP contribution in [0, 0.1) is 0 Å². The van der Waals surface area contributed by atoms with E-state index in [4.69, 9.17) is 0 Å². The predicted octanol–water partition coefficient (Wildman–Crippen LogP) is 1.88. The molecule has 0 aliphatic carbocycles. The molecule has 1 atom stereocenters. The van der Waals surface area contributed by atoms with Crippen molar-refractivity contribution in [1.29, 1.82) is 0 Å². The summed E-state index contributed by atoms with van der Waals surface area (Å²) in [7, 11) is 1.30. The fourth-order valence-corrected chi connectivity index (χ4v) is 2.32. The highest BCUT2D eigenvalue weighted by Crippen LogP contribution is 2.18. The molecule has 1 aromatic rings. The molecule has 1 aliphatic rings. The SMILES string of the molecule is COC(=O)c1cccc(C(=O)N2CCCCC2C)n1. The minimum Gasteiger partial charge on any atom is -0.464 e. The molecule has 0 aromatic carbocycles. The molecule has 1 fully saturated rings. The number of carbonyl (C=O) groups is 2. The lowest BCUT2D eigenvalue weighted by Crippen LogP contribution is -2.42. The van der Waals surface area contributed by atoms with Gasteiger partial charge >= 0.3 is 5.97 Å². The average molecular weight is 262 g/mol. The van der Waals surface area contributed by atoms with Crippen molar-refractivity contribution in [3.05, 3.63) is 29.6 Å². The molecular weight excluding hydrogens is 244 g/mol.